The van der Waals surface area contributed by atoms with Gasteiger partial charge in [-0.1, -0.05) is 0 Å². The molecule has 0 spiro atoms. The molecule has 12 nitrogen and oxygen atoms in total. The van der Waals surface area contributed by atoms with E-state index < -0.39 is 11.6 Å². The molecule has 0 saturated carbocycles. The van der Waals surface area contributed by atoms with Crippen molar-refractivity contribution in [3.05, 3.63) is 0 Å². The summed E-state index contributed by atoms with van der Waals surface area (Å²) in [6, 6.07) is 0. The van der Waals surface area contributed by atoms with Crippen LogP contribution in [0.3, 0.4) is 0 Å². The highest BCUT2D eigenvalue weighted by Crippen LogP contribution is 2.34. The smallest absolute Gasteiger partial charge is 0.313 e. The molecule has 0 aromatic carbocycles. The van der Waals surface area contributed by atoms with Gasteiger partial charge in [-0.25, -0.2) is 0 Å². The van der Waals surface area contributed by atoms with E-state index in [0.717, 1.165) is 0 Å². The molecule has 0 radical (unpaired) electrons. The van der Waals surface area contributed by atoms with Gasteiger partial charge in [0.1, 0.15) is 0 Å². The fourth-order valence-electron chi connectivity index (χ4n) is 0.903. The van der Waals surface area contributed by atoms with Crippen LogP contribution in [0.4, 0.5) is 0 Å². The van der Waals surface area contributed by atoms with E-state index >= 15 is 0 Å². The fraction of sp³-hybridized carbons (Fsp3) is 1.00. The zero-order valence-electron chi connectivity index (χ0n) is 6.47. The van der Waals surface area contributed by atoms with E-state index in [1.165, 1.54) is 0 Å². The summed E-state index contributed by atoms with van der Waals surface area (Å²) in [5.41, 5.74) is 3.32. The highest BCUT2D eigenvalue weighted by Gasteiger charge is 2.59. The first kappa shape index (κ1) is 8.82. The minimum absolute atomic E-state index is 1.66. The van der Waals surface area contributed by atoms with Gasteiger partial charge in [0.05, 0.1) is 0 Å². The number of nitrogens with one attached hydrogen (secondary N) is 2. The first-order valence-electron chi connectivity index (χ1n) is 3.29. The second kappa shape index (κ2) is 2.88. The molecule has 0 saturated heterocycles. The Morgan fingerprint density at radius 3 is 1.14 bits per heavy atom. The molecule has 0 amide bonds. The molecule has 0 bridgehead atoms. The van der Waals surface area contributed by atoms with Crippen LogP contribution in [0.1, 0.15) is 0 Å². The lowest BCUT2D eigenvalue weighted by Gasteiger charge is -2.28. The minimum Gasteiger partial charge on any atom is -0.313 e. The van der Waals surface area contributed by atoms with Crippen LogP contribution < -0.4 is 11.0 Å². The van der Waals surface area contributed by atoms with Crippen LogP contribution in [-0.2, 0) is 0 Å². The van der Waals surface area contributed by atoms with Gasteiger partial charge in [-0.3, -0.25) is 0 Å². The van der Waals surface area contributed by atoms with Crippen molar-refractivity contribution in [1.82, 2.24) is 11.0 Å². The molecule has 14 heavy (non-hydrogen) atoms. The Bertz CT molecular complexity index is 284. The van der Waals surface area contributed by atoms with Gasteiger partial charge in [-0.15, -0.1) is 31.4 Å². The van der Waals surface area contributed by atoms with Gasteiger partial charge in [0.2, 0.25) is 0 Å². The molecular weight excluding hydrogens is 196 g/mol. The number of rotatable bonds is 3. The molecule has 74 valence electrons. The lowest BCUT2D eigenvalue weighted by Crippen LogP contribution is -2.62. The normalized spacial score (nSPS) is 25.0. The third-order valence-electron chi connectivity index (χ3n) is 1.64. The summed E-state index contributed by atoms with van der Waals surface area (Å²) in [5.74, 6) is -3.80. The van der Waals surface area contributed by atoms with Crippen LogP contribution in [-0.4, -0.2) is 22.0 Å². The van der Waals surface area contributed by atoms with Crippen LogP contribution in [0.15, 0.2) is 41.4 Å². The highest BCUT2D eigenvalue weighted by atomic mass is 16.5. The summed E-state index contributed by atoms with van der Waals surface area (Å²) in [5, 5.41) is 44.0. The van der Waals surface area contributed by atoms with Crippen molar-refractivity contribution in [2.45, 2.75) is 11.6 Å². The average Bonchev–Trinajstić information content (AvgIpc) is 2.88. The zero-order chi connectivity index (χ0) is 10.1. The predicted octanol–water partition coefficient (Wildman–Crippen LogP) is -0.0824. The average molecular weight is 200 g/mol. The molecule has 0 fully saturated rings. The van der Waals surface area contributed by atoms with Gasteiger partial charge < -0.3 is 10.4 Å². The number of hydroxylamine groups is 2. The van der Waals surface area contributed by atoms with Gasteiger partial charge in [-0.05, 0) is 20.9 Å². The molecule has 2 aliphatic rings. The Labute approximate surface area is 75.4 Å². The van der Waals surface area contributed by atoms with Crippen LogP contribution in [0.5, 0.6) is 0 Å². The fourth-order valence-corrected chi connectivity index (χ4v) is 0.903. The number of hydrogen-bond acceptors (Lipinski definition) is 12. The van der Waals surface area contributed by atoms with Crippen molar-refractivity contribution in [1.29, 1.82) is 0 Å². The standard InChI is InChI=1S/C2H4N10O2/c13-7-1(3-9-10-4-1)2(8-14)5-11-12-6-2/h7-8,13-14H. The number of nitrogens with zero attached hydrogens (tertiary/aromatic N) is 8. The Kier molecular flexibility index (Phi) is 1.81. The third kappa shape index (κ3) is 0.896. The van der Waals surface area contributed by atoms with E-state index in [1.54, 1.807) is 11.0 Å². The predicted molar refractivity (Wildman–Crippen MR) is 34.7 cm³/mol. The van der Waals surface area contributed by atoms with Crippen LogP contribution >= 0.6 is 0 Å². The third-order valence-corrected chi connectivity index (χ3v) is 1.64. The Morgan fingerprint density at radius 2 is 0.929 bits per heavy atom. The molecule has 12 heteroatoms. The van der Waals surface area contributed by atoms with Gasteiger partial charge in [0.15, 0.2) is 0 Å². The van der Waals surface area contributed by atoms with Crippen molar-refractivity contribution >= 4 is 0 Å². The molecule has 0 aromatic rings. The largest absolute Gasteiger partial charge is 0.332 e. The molecule has 2 rings (SSSR count). The maximum Gasteiger partial charge on any atom is 0.332 e. The Morgan fingerprint density at radius 1 is 0.643 bits per heavy atom. The van der Waals surface area contributed by atoms with Crippen LogP contribution in [0, 0.1) is 0 Å². The van der Waals surface area contributed by atoms with Gasteiger partial charge in [-0.2, -0.15) is 0 Å². The first-order valence-corrected chi connectivity index (χ1v) is 3.29. The maximum atomic E-state index is 8.86. The molecular formula is C2H4N10O2. The van der Waals surface area contributed by atoms with Crippen molar-refractivity contribution < 1.29 is 10.4 Å². The molecule has 2 heterocycles. The number of hydrogen-bond donors (Lipinski definition) is 4. The van der Waals surface area contributed by atoms with Gasteiger partial charge in [0, 0.05) is 0 Å². The van der Waals surface area contributed by atoms with Crippen molar-refractivity contribution in [3.8, 4) is 0 Å². The maximum absolute atomic E-state index is 8.86. The van der Waals surface area contributed by atoms with E-state index in [-0.39, 0.29) is 0 Å². The van der Waals surface area contributed by atoms with E-state index in [2.05, 4.69) is 41.4 Å². The minimum atomic E-state index is -1.90. The molecule has 0 atom stereocenters. The van der Waals surface area contributed by atoms with Crippen LogP contribution in [0.25, 0.3) is 0 Å². The van der Waals surface area contributed by atoms with Gasteiger partial charge in [0.25, 0.3) is 0 Å². The van der Waals surface area contributed by atoms with Crippen LogP contribution in [0.2, 0.25) is 0 Å². The Hall–Kier alpha value is -1.76. The quantitative estimate of drug-likeness (QED) is 0.468. The van der Waals surface area contributed by atoms with Crippen molar-refractivity contribution in [3.63, 3.8) is 0 Å². The Balaban J connectivity index is 2.44. The van der Waals surface area contributed by atoms with E-state index in [4.69, 9.17) is 10.4 Å². The van der Waals surface area contributed by atoms with E-state index in [0.29, 0.717) is 0 Å². The van der Waals surface area contributed by atoms with Crippen molar-refractivity contribution in [2.24, 2.45) is 41.4 Å². The second-order valence-electron chi connectivity index (χ2n) is 2.33. The summed E-state index contributed by atoms with van der Waals surface area (Å²) in [6.45, 7) is 0. The lowest BCUT2D eigenvalue weighted by molar-refractivity contribution is -0.0499. The monoisotopic (exact) mass is 200 g/mol. The molecule has 4 N–H and O–H groups in total. The summed E-state index contributed by atoms with van der Waals surface area (Å²) in [4.78, 5) is 0. The summed E-state index contributed by atoms with van der Waals surface area (Å²) >= 11 is 0. The van der Waals surface area contributed by atoms with Gasteiger partial charge >= 0.3 is 11.6 Å². The molecule has 2 aliphatic heterocycles. The van der Waals surface area contributed by atoms with E-state index in [1.807, 2.05) is 0 Å². The summed E-state index contributed by atoms with van der Waals surface area (Å²) in [7, 11) is 0. The zero-order valence-corrected chi connectivity index (χ0v) is 6.47. The molecule has 0 unspecified atom stereocenters. The summed E-state index contributed by atoms with van der Waals surface area (Å²) in [6.07, 6.45) is 0. The topological polar surface area (TPSA) is 163 Å². The van der Waals surface area contributed by atoms with Crippen molar-refractivity contribution in [2.75, 3.05) is 0 Å². The molecule has 0 aliphatic carbocycles. The highest BCUT2D eigenvalue weighted by molar-refractivity contribution is 5.01. The summed E-state index contributed by atoms with van der Waals surface area (Å²) < 4.78 is 0. The SMILES string of the molecule is ONC1(C2(NO)N=NN=N2)N=NN=N1. The first-order chi connectivity index (χ1) is 6.79. The van der Waals surface area contributed by atoms with E-state index in [9.17, 15) is 0 Å². The second-order valence-corrected chi connectivity index (χ2v) is 2.33. The lowest BCUT2D eigenvalue weighted by atomic mass is 10.2. The molecule has 0 aromatic heterocycles.